The summed E-state index contributed by atoms with van der Waals surface area (Å²) >= 11 is 0. The van der Waals surface area contributed by atoms with Crippen molar-refractivity contribution >= 4 is 17.7 Å². The van der Waals surface area contributed by atoms with Gasteiger partial charge >= 0.3 is 12.1 Å². The van der Waals surface area contributed by atoms with Crippen LogP contribution in [0.15, 0.2) is 36.7 Å². The number of nitrogens with one attached hydrogen (secondary N) is 1. The lowest BCUT2D eigenvalue weighted by molar-refractivity contribution is 0.0525. The van der Waals surface area contributed by atoms with Gasteiger partial charge in [-0.15, -0.1) is 0 Å². The smallest absolute Gasteiger partial charge is 0.412 e. The van der Waals surface area contributed by atoms with Gasteiger partial charge in [-0.3, -0.25) is 15.3 Å². The summed E-state index contributed by atoms with van der Waals surface area (Å²) in [6.07, 6.45) is 2.42. The van der Waals surface area contributed by atoms with Crippen molar-refractivity contribution in [1.29, 1.82) is 0 Å². The molecule has 0 aliphatic rings. The van der Waals surface area contributed by atoms with Crippen molar-refractivity contribution in [2.24, 2.45) is 0 Å². The molecule has 7 nitrogen and oxygen atoms in total. The number of hydrogen-bond donors (Lipinski definition) is 1. The Morgan fingerprint density at radius 2 is 1.68 bits per heavy atom. The van der Waals surface area contributed by atoms with E-state index in [1.165, 1.54) is 12.4 Å². The Hall–Kier alpha value is -2.96. The largest absolute Gasteiger partial charge is 0.462 e. The van der Waals surface area contributed by atoms with Crippen molar-refractivity contribution in [3.8, 4) is 11.4 Å². The van der Waals surface area contributed by atoms with E-state index in [2.05, 4.69) is 15.3 Å². The number of rotatable bonds is 4. The van der Waals surface area contributed by atoms with Crippen LogP contribution in [0.25, 0.3) is 11.4 Å². The van der Waals surface area contributed by atoms with Gasteiger partial charge in [0.05, 0.1) is 35.4 Å². The third kappa shape index (κ3) is 5.56. The van der Waals surface area contributed by atoms with E-state index in [1.54, 1.807) is 52.0 Å². The highest BCUT2D eigenvalue weighted by atomic mass is 16.6. The number of esters is 1. The molecule has 132 valence electrons. The van der Waals surface area contributed by atoms with Gasteiger partial charge in [-0.25, -0.2) is 9.59 Å². The number of carbonyl (C=O) groups is 2. The fourth-order valence-corrected chi connectivity index (χ4v) is 1.92. The number of carbonyl (C=O) groups excluding carboxylic acids is 2. The first-order valence-corrected chi connectivity index (χ1v) is 7.88. The Balaban J connectivity index is 2.04. The Morgan fingerprint density at radius 3 is 2.16 bits per heavy atom. The monoisotopic (exact) mass is 343 g/mol. The van der Waals surface area contributed by atoms with Crippen LogP contribution in [0.5, 0.6) is 0 Å². The number of hydrogen-bond acceptors (Lipinski definition) is 6. The zero-order chi connectivity index (χ0) is 18.4. The first-order valence-electron chi connectivity index (χ1n) is 7.88. The lowest BCUT2D eigenvalue weighted by atomic mass is 10.2. The SMILES string of the molecule is CCOC(=O)c1ccc(-c2ccc(NC(=O)OC(C)(C)C)cn2)nc1. The van der Waals surface area contributed by atoms with Crippen molar-refractivity contribution in [3.05, 3.63) is 42.2 Å². The lowest BCUT2D eigenvalue weighted by Gasteiger charge is -2.19. The molecule has 0 aromatic carbocycles. The third-order valence-electron chi connectivity index (χ3n) is 2.95. The molecule has 2 heterocycles. The van der Waals surface area contributed by atoms with E-state index in [0.29, 0.717) is 29.2 Å². The number of anilines is 1. The number of nitrogens with zero attached hydrogens (tertiary/aromatic N) is 2. The summed E-state index contributed by atoms with van der Waals surface area (Å²) in [5.41, 5.74) is 1.55. The zero-order valence-electron chi connectivity index (χ0n) is 14.7. The van der Waals surface area contributed by atoms with Gasteiger partial charge in [0.15, 0.2) is 0 Å². The summed E-state index contributed by atoms with van der Waals surface area (Å²) in [4.78, 5) is 31.8. The van der Waals surface area contributed by atoms with Crippen molar-refractivity contribution in [2.75, 3.05) is 11.9 Å². The van der Waals surface area contributed by atoms with E-state index < -0.39 is 17.7 Å². The first-order chi connectivity index (χ1) is 11.8. The fraction of sp³-hybridized carbons (Fsp3) is 0.333. The summed E-state index contributed by atoms with van der Waals surface area (Å²) < 4.78 is 10.1. The molecule has 0 aliphatic carbocycles. The van der Waals surface area contributed by atoms with Crippen molar-refractivity contribution in [1.82, 2.24) is 9.97 Å². The third-order valence-corrected chi connectivity index (χ3v) is 2.95. The number of pyridine rings is 2. The minimum atomic E-state index is -0.567. The van der Waals surface area contributed by atoms with E-state index in [0.717, 1.165) is 0 Å². The van der Waals surface area contributed by atoms with Crippen LogP contribution >= 0.6 is 0 Å². The first kappa shape index (κ1) is 18.4. The predicted molar refractivity (Wildman–Crippen MR) is 93.3 cm³/mol. The maximum Gasteiger partial charge on any atom is 0.412 e. The molecule has 0 unspecified atom stereocenters. The minimum Gasteiger partial charge on any atom is -0.462 e. The van der Waals surface area contributed by atoms with Gasteiger partial charge in [0, 0.05) is 6.20 Å². The minimum absolute atomic E-state index is 0.314. The summed E-state index contributed by atoms with van der Waals surface area (Å²) in [7, 11) is 0. The zero-order valence-corrected chi connectivity index (χ0v) is 14.7. The second-order valence-corrected chi connectivity index (χ2v) is 6.21. The summed E-state index contributed by atoms with van der Waals surface area (Å²) in [5, 5.41) is 2.61. The van der Waals surface area contributed by atoms with Crippen LogP contribution in [0.1, 0.15) is 38.1 Å². The van der Waals surface area contributed by atoms with Gasteiger partial charge in [0.2, 0.25) is 0 Å². The average Bonchev–Trinajstić information content (AvgIpc) is 2.54. The van der Waals surface area contributed by atoms with Crippen LogP contribution in [-0.2, 0) is 9.47 Å². The Labute approximate surface area is 146 Å². The molecule has 1 amide bonds. The van der Waals surface area contributed by atoms with Gasteiger partial charge in [-0.05, 0) is 52.0 Å². The maximum atomic E-state index is 11.7. The molecule has 1 N–H and O–H groups in total. The molecule has 2 aromatic rings. The maximum absolute atomic E-state index is 11.7. The quantitative estimate of drug-likeness (QED) is 0.852. The normalized spacial score (nSPS) is 10.9. The lowest BCUT2D eigenvalue weighted by Crippen LogP contribution is -2.27. The highest BCUT2D eigenvalue weighted by Gasteiger charge is 2.16. The van der Waals surface area contributed by atoms with E-state index in [1.807, 2.05) is 0 Å². The van der Waals surface area contributed by atoms with Crippen LogP contribution in [0, 0.1) is 0 Å². The molecular formula is C18H21N3O4. The molecule has 2 rings (SSSR count). The number of amides is 1. The molecule has 7 heteroatoms. The van der Waals surface area contributed by atoms with Crippen LogP contribution in [0.2, 0.25) is 0 Å². The summed E-state index contributed by atoms with van der Waals surface area (Å²) in [5.74, 6) is -0.411. The molecule has 25 heavy (non-hydrogen) atoms. The highest BCUT2D eigenvalue weighted by molar-refractivity contribution is 5.89. The van der Waals surface area contributed by atoms with Crippen LogP contribution in [0.3, 0.4) is 0 Å². The van der Waals surface area contributed by atoms with Crippen molar-refractivity contribution < 1.29 is 19.1 Å². The Kier molecular flexibility index (Phi) is 5.69. The van der Waals surface area contributed by atoms with Crippen LogP contribution in [0.4, 0.5) is 10.5 Å². The van der Waals surface area contributed by atoms with Gasteiger partial charge in [0.25, 0.3) is 0 Å². The molecule has 0 spiro atoms. The predicted octanol–water partition coefficient (Wildman–Crippen LogP) is 3.67. The number of ether oxygens (including phenoxy) is 2. The average molecular weight is 343 g/mol. The van der Waals surface area contributed by atoms with Gasteiger partial charge in [-0.1, -0.05) is 0 Å². The standard InChI is InChI=1S/C18H21N3O4/c1-5-24-16(22)12-6-8-14(19-10-12)15-9-7-13(11-20-15)21-17(23)25-18(2,3)4/h6-11H,5H2,1-4H3,(H,21,23). The van der Waals surface area contributed by atoms with Crippen molar-refractivity contribution in [2.45, 2.75) is 33.3 Å². The molecule has 0 bridgehead atoms. The number of aromatic nitrogens is 2. The molecule has 0 aliphatic heterocycles. The van der Waals surface area contributed by atoms with Gasteiger partial charge in [-0.2, -0.15) is 0 Å². The molecule has 0 atom stereocenters. The molecule has 0 radical (unpaired) electrons. The van der Waals surface area contributed by atoms with Crippen molar-refractivity contribution in [3.63, 3.8) is 0 Å². The fourth-order valence-electron chi connectivity index (χ4n) is 1.92. The Morgan fingerprint density at radius 1 is 1.04 bits per heavy atom. The molecule has 0 saturated heterocycles. The summed E-state index contributed by atoms with van der Waals surface area (Å²) in [6.45, 7) is 7.43. The van der Waals surface area contributed by atoms with Gasteiger partial charge in [0.1, 0.15) is 5.60 Å². The highest BCUT2D eigenvalue weighted by Crippen LogP contribution is 2.18. The summed E-state index contributed by atoms with van der Waals surface area (Å²) in [6, 6.07) is 6.75. The molecule has 2 aromatic heterocycles. The second kappa shape index (κ2) is 7.74. The van der Waals surface area contributed by atoms with Gasteiger partial charge < -0.3 is 9.47 Å². The van der Waals surface area contributed by atoms with Crippen LogP contribution < -0.4 is 5.32 Å². The second-order valence-electron chi connectivity index (χ2n) is 6.21. The topological polar surface area (TPSA) is 90.4 Å². The van der Waals surface area contributed by atoms with E-state index in [-0.39, 0.29) is 0 Å². The molecule has 0 saturated carbocycles. The van der Waals surface area contributed by atoms with Crippen LogP contribution in [-0.4, -0.2) is 34.2 Å². The van der Waals surface area contributed by atoms with E-state index in [9.17, 15) is 9.59 Å². The Bertz CT molecular complexity index is 734. The molecule has 0 fully saturated rings. The molecular weight excluding hydrogens is 322 g/mol. The van der Waals surface area contributed by atoms with E-state index in [4.69, 9.17) is 9.47 Å². The van der Waals surface area contributed by atoms with E-state index >= 15 is 0 Å².